The Morgan fingerprint density at radius 3 is 2.55 bits per heavy atom. The molecule has 1 amide bonds. The number of ether oxygens (including phenoxy) is 1. The molecule has 0 bridgehead atoms. The van der Waals surface area contributed by atoms with Crippen LogP contribution in [0.4, 0.5) is 5.69 Å². The van der Waals surface area contributed by atoms with Crippen molar-refractivity contribution in [3.63, 3.8) is 0 Å². The zero-order valence-corrected chi connectivity index (χ0v) is 12.5. The van der Waals surface area contributed by atoms with E-state index in [9.17, 15) is 9.59 Å². The highest BCUT2D eigenvalue weighted by atomic mass is 16.5. The molecule has 0 radical (unpaired) electrons. The number of furan rings is 1. The van der Waals surface area contributed by atoms with Crippen LogP contribution in [0.15, 0.2) is 47.1 Å². The molecule has 6 nitrogen and oxygen atoms in total. The Morgan fingerprint density at radius 1 is 1.23 bits per heavy atom. The number of anilines is 1. The molecule has 1 aromatic carbocycles. The lowest BCUT2D eigenvalue weighted by atomic mass is 10.2. The number of hydrogen-bond donors (Lipinski definition) is 1. The van der Waals surface area contributed by atoms with Gasteiger partial charge in [0.25, 0.3) is 0 Å². The van der Waals surface area contributed by atoms with E-state index in [4.69, 9.17) is 4.42 Å². The number of amides is 1. The summed E-state index contributed by atoms with van der Waals surface area (Å²) in [6.07, 6.45) is 1.60. The highest BCUT2D eigenvalue weighted by Crippen LogP contribution is 2.10. The molecule has 22 heavy (non-hydrogen) atoms. The van der Waals surface area contributed by atoms with Gasteiger partial charge in [0.1, 0.15) is 5.76 Å². The van der Waals surface area contributed by atoms with Gasteiger partial charge in [-0.05, 0) is 43.4 Å². The van der Waals surface area contributed by atoms with Crippen LogP contribution >= 0.6 is 0 Å². The van der Waals surface area contributed by atoms with Gasteiger partial charge < -0.3 is 14.5 Å². The monoisotopic (exact) mass is 302 g/mol. The van der Waals surface area contributed by atoms with Gasteiger partial charge in [-0.2, -0.15) is 0 Å². The molecule has 116 valence electrons. The quantitative estimate of drug-likeness (QED) is 0.828. The summed E-state index contributed by atoms with van der Waals surface area (Å²) >= 11 is 0. The first kappa shape index (κ1) is 15.8. The van der Waals surface area contributed by atoms with Gasteiger partial charge >= 0.3 is 5.97 Å². The van der Waals surface area contributed by atoms with Crippen molar-refractivity contribution in [3.8, 4) is 0 Å². The molecule has 6 heteroatoms. The summed E-state index contributed by atoms with van der Waals surface area (Å²) < 4.78 is 9.85. The molecule has 0 saturated carbocycles. The molecule has 1 N–H and O–H groups in total. The molecule has 2 rings (SSSR count). The van der Waals surface area contributed by atoms with Crippen molar-refractivity contribution >= 4 is 17.6 Å². The molecule has 0 saturated heterocycles. The Labute approximate surface area is 128 Å². The standard InChI is InChI=1S/C16H18N2O4/c1-18(10-14-4-3-9-22-14)11-15(19)17-13-7-5-12(6-8-13)16(20)21-2/h3-9H,10-11H2,1-2H3,(H,17,19). The van der Waals surface area contributed by atoms with Crippen LogP contribution in [0.5, 0.6) is 0 Å². The second kappa shape index (κ2) is 7.42. The summed E-state index contributed by atoms with van der Waals surface area (Å²) in [5, 5.41) is 2.77. The number of rotatable bonds is 6. The number of nitrogens with zero attached hydrogens (tertiary/aromatic N) is 1. The highest BCUT2D eigenvalue weighted by molar-refractivity contribution is 5.93. The minimum Gasteiger partial charge on any atom is -0.468 e. The largest absolute Gasteiger partial charge is 0.468 e. The number of carbonyl (C=O) groups excluding carboxylic acids is 2. The van der Waals surface area contributed by atoms with Gasteiger partial charge in [-0.25, -0.2) is 4.79 Å². The van der Waals surface area contributed by atoms with Crippen LogP contribution in [0.3, 0.4) is 0 Å². The van der Waals surface area contributed by atoms with Gasteiger partial charge in [0.15, 0.2) is 0 Å². The minimum atomic E-state index is -0.406. The van der Waals surface area contributed by atoms with E-state index in [0.29, 0.717) is 17.8 Å². The van der Waals surface area contributed by atoms with Crippen LogP contribution in [0.25, 0.3) is 0 Å². The maximum absolute atomic E-state index is 12.0. The summed E-state index contributed by atoms with van der Waals surface area (Å²) in [5.74, 6) is 0.258. The predicted octanol–water partition coefficient (Wildman–Crippen LogP) is 2.14. The van der Waals surface area contributed by atoms with Crippen LogP contribution in [-0.2, 0) is 16.1 Å². The van der Waals surface area contributed by atoms with Gasteiger partial charge in [0, 0.05) is 5.69 Å². The lowest BCUT2D eigenvalue weighted by molar-refractivity contribution is -0.117. The van der Waals surface area contributed by atoms with E-state index >= 15 is 0 Å². The Hall–Kier alpha value is -2.60. The van der Waals surface area contributed by atoms with E-state index in [1.807, 2.05) is 24.1 Å². The summed E-state index contributed by atoms with van der Waals surface area (Å²) in [5.41, 5.74) is 1.07. The number of nitrogens with one attached hydrogen (secondary N) is 1. The maximum atomic E-state index is 12.0. The van der Waals surface area contributed by atoms with E-state index in [-0.39, 0.29) is 12.5 Å². The highest BCUT2D eigenvalue weighted by Gasteiger charge is 2.10. The first-order valence-electron chi connectivity index (χ1n) is 6.77. The Balaban J connectivity index is 1.85. The van der Waals surface area contributed by atoms with E-state index in [2.05, 4.69) is 10.1 Å². The van der Waals surface area contributed by atoms with Crippen molar-refractivity contribution in [2.75, 3.05) is 26.0 Å². The van der Waals surface area contributed by atoms with Crippen molar-refractivity contribution in [1.82, 2.24) is 4.90 Å². The predicted molar refractivity (Wildman–Crippen MR) is 81.5 cm³/mol. The number of esters is 1. The van der Waals surface area contributed by atoms with Crippen molar-refractivity contribution in [3.05, 3.63) is 54.0 Å². The fraction of sp³-hybridized carbons (Fsp3) is 0.250. The van der Waals surface area contributed by atoms with Gasteiger partial charge in [-0.3, -0.25) is 9.69 Å². The zero-order valence-electron chi connectivity index (χ0n) is 12.5. The van der Waals surface area contributed by atoms with E-state index in [0.717, 1.165) is 5.76 Å². The van der Waals surface area contributed by atoms with Crippen molar-refractivity contribution in [2.45, 2.75) is 6.54 Å². The first-order chi connectivity index (χ1) is 10.6. The lowest BCUT2D eigenvalue weighted by Crippen LogP contribution is -2.29. The van der Waals surface area contributed by atoms with E-state index in [1.54, 1.807) is 30.5 Å². The Morgan fingerprint density at radius 2 is 1.95 bits per heavy atom. The molecule has 0 fully saturated rings. The molecule has 1 heterocycles. The zero-order chi connectivity index (χ0) is 15.9. The molecule has 0 aliphatic rings. The first-order valence-corrected chi connectivity index (χ1v) is 6.77. The minimum absolute atomic E-state index is 0.139. The van der Waals surface area contributed by atoms with Crippen LogP contribution in [0, 0.1) is 0 Å². The number of hydrogen-bond acceptors (Lipinski definition) is 5. The third-order valence-electron chi connectivity index (χ3n) is 3.01. The fourth-order valence-electron chi connectivity index (χ4n) is 1.98. The maximum Gasteiger partial charge on any atom is 0.337 e. The number of likely N-dealkylation sites (N-methyl/N-ethyl adjacent to an activating group) is 1. The smallest absolute Gasteiger partial charge is 0.337 e. The van der Waals surface area contributed by atoms with Crippen molar-refractivity contribution in [1.29, 1.82) is 0 Å². The normalized spacial score (nSPS) is 10.5. The number of carbonyl (C=O) groups is 2. The third kappa shape index (κ3) is 4.46. The average Bonchev–Trinajstić information content (AvgIpc) is 2.99. The van der Waals surface area contributed by atoms with Crippen LogP contribution < -0.4 is 5.32 Å². The van der Waals surface area contributed by atoms with Crippen LogP contribution in [0.1, 0.15) is 16.1 Å². The SMILES string of the molecule is COC(=O)c1ccc(NC(=O)CN(C)Cc2ccco2)cc1. The topological polar surface area (TPSA) is 71.8 Å². The molecule has 2 aromatic rings. The fourth-order valence-corrected chi connectivity index (χ4v) is 1.98. The van der Waals surface area contributed by atoms with Gasteiger partial charge in [0.2, 0.25) is 5.91 Å². The van der Waals surface area contributed by atoms with E-state index in [1.165, 1.54) is 7.11 Å². The van der Waals surface area contributed by atoms with Gasteiger partial charge in [-0.1, -0.05) is 0 Å². The van der Waals surface area contributed by atoms with E-state index < -0.39 is 5.97 Å². The van der Waals surface area contributed by atoms with Crippen LogP contribution in [-0.4, -0.2) is 37.5 Å². The number of methoxy groups -OCH3 is 1. The molecular weight excluding hydrogens is 284 g/mol. The lowest BCUT2D eigenvalue weighted by Gasteiger charge is -2.14. The van der Waals surface area contributed by atoms with Gasteiger partial charge in [0.05, 0.1) is 32.0 Å². The Kier molecular flexibility index (Phi) is 5.32. The molecule has 0 aliphatic carbocycles. The summed E-state index contributed by atoms with van der Waals surface area (Å²) in [4.78, 5) is 25.1. The molecular formula is C16H18N2O4. The summed E-state index contributed by atoms with van der Waals surface area (Å²) in [6, 6.07) is 10.2. The average molecular weight is 302 g/mol. The summed E-state index contributed by atoms with van der Waals surface area (Å²) in [7, 11) is 3.16. The Bertz CT molecular complexity index is 620. The molecule has 0 aliphatic heterocycles. The number of benzene rings is 1. The summed E-state index contributed by atoms with van der Waals surface area (Å²) in [6.45, 7) is 0.793. The van der Waals surface area contributed by atoms with Crippen molar-refractivity contribution < 1.29 is 18.7 Å². The molecule has 0 unspecified atom stereocenters. The second-order valence-electron chi connectivity index (χ2n) is 4.87. The van der Waals surface area contributed by atoms with Gasteiger partial charge in [-0.15, -0.1) is 0 Å². The third-order valence-corrected chi connectivity index (χ3v) is 3.01. The molecule has 0 atom stereocenters. The van der Waals surface area contributed by atoms with Crippen LogP contribution in [0.2, 0.25) is 0 Å². The van der Waals surface area contributed by atoms with Crippen molar-refractivity contribution in [2.24, 2.45) is 0 Å². The second-order valence-corrected chi connectivity index (χ2v) is 4.87. The molecule has 0 spiro atoms. The molecule has 1 aromatic heterocycles.